The van der Waals surface area contributed by atoms with Crippen molar-refractivity contribution in [3.8, 4) is 6.07 Å². The van der Waals surface area contributed by atoms with Crippen LogP contribution in [-0.2, 0) is 4.74 Å². The Morgan fingerprint density at radius 1 is 1.12 bits per heavy atom. The predicted molar refractivity (Wildman–Crippen MR) is 94.2 cm³/mol. The van der Waals surface area contributed by atoms with Crippen LogP contribution in [0.4, 0.5) is 5.69 Å². The minimum absolute atomic E-state index is 0.113. The molecule has 6 nitrogen and oxygen atoms in total. The van der Waals surface area contributed by atoms with Gasteiger partial charge in [-0.25, -0.2) is 9.69 Å². The number of benzene rings is 2. The maximum absolute atomic E-state index is 12.7. The van der Waals surface area contributed by atoms with Gasteiger partial charge in [0.05, 0.1) is 40.1 Å². The number of nitriles is 1. The average Bonchev–Trinajstić information content (AvgIpc) is 2.89. The molecule has 1 aliphatic rings. The summed E-state index contributed by atoms with van der Waals surface area (Å²) >= 11 is 6.10. The van der Waals surface area contributed by atoms with Crippen molar-refractivity contribution >= 4 is 35.1 Å². The number of unbranched alkanes of at least 4 members (excludes halogenated alkanes) is 1. The fraction of sp³-hybridized carbons (Fsp3) is 0.158. The molecule has 0 unspecified atom stereocenters. The summed E-state index contributed by atoms with van der Waals surface area (Å²) in [6.07, 6.45) is 0.724. The Bertz CT molecular complexity index is 949. The third kappa shape index (κ3) is 3.17. The molecule has 0 bridgehead atoms. The molecule has 0 saturated heterocycles. The highest BCUT2D eigenvalue weighted by molar-refractivity contribution is 6.39. The molecule has 3 rings (SSSR count). The minimum atomic E-state index is -0.609. The van der Waals surface area contributed by atoms with Gasteiger partial charge in [-0.15, -0.1) is 0 Å². The van der Waals surface area contributed by atoms with Crippen molar-refractivity contribution in [1.82, 2.24) is 0 Å². The van der Waals surface area contributed by atoms with E-state index < -0.39 is 17.8 Å². The summed E-state index contributed by atoms with van der Waals surface area (Å²) in [6.45, 7) is 0.113. The Morgan fingerprint density at radius 2 is 1.85 bits per heavy atom. The quantitative estimate of drug-likeness (QED) is 0.457. The number of imide groups is 1. The standard InChI is InChI=1S/C19H13ClN2O4/c20-15-5-1-2-6-16(15)22-17(23)13-8-7-12(11-14(13)18(22)24)19(25)26-10-4-3-9-21/h1-2,5-8,11H,3-4,10H2. The molecule has 1 aliphatic heterocycles. The fourth-order valence-electron chi connectivity index (χ4n) is 2.62. The number of halogens is 1. The number of fused-ring (bicyclic) bond motifs is 1. The number of nitrogens with zero attached hydrogens (tertiary/aromatic N) is 2. The summed E-state index contributed by atoms with van der Waals surface area (Å²) in [7, 11) is 0. The van der Waals surface area contributed by atoms with Crippen LogP contribution >= 0.6 is 11.6 Å². The molecule has 0 saturated carbocycles. The molecule has 0 N–H and O–H groups in total. The Labute approximate surface area is 154 Å². The van der Waals surface area contributed by atoms with Crippen LogP contribution < -0.4 is 4.90 Å². The first-order valence-corrected chi connectivity index (χ1v) is 8.24. The first-order valence-electron chi connectivity index (χ1n) is 7.86. The lowest BCUT2D eigenvalue weighted by atomic mass is 10.1. The van der Waals surface area contributed by atoms with Gasteiger partial charge in [-0.3, -0.25) is 9.59 Å². The number of rotatable bonds is 5. The Balaban J connectivity index is 1.85. The monoisotopic (exact) mass is 368 g/mol. The van der Waals surface area contributed by atoms with Crippen LogP contribution in [-0.4, -0.2) is 24.4 Å². The molecular weight excluding hydrogens is 356 g/mol. The van der Waals surface area contributed by atoms with Crippen LogP contribution in [0.2, 0.25) is 5.02 Å². The Hall–Kier alpha value is -3.17. The molecule has 2 aromatic rings. The second kappa shape index (κ2) is 7.38. The van der Waals surface area contributed by atoms with Crippen LogP contribution in [0.1, 0.15) is 43.9 Å². The van der Waals surface area contributed by atoms with Gasteiger partial charge in [-0.05, 0) is 36.8 Å². The van der Waals surface area contributed by atoms with E-state index in [-0.39, 0.29) is 34.7 Å². The Kier molecular flexibility index (Phi) is 5.01. The largest absolute Gasteiger partial charge is 0.462 e. The summed E-state index contributed by atoms with van der Waals surface area (Å²) in [5.74, 6) is -1.65. The minimum Gasteiger partial charge on any atom is -0.462 e. The van der Waals surface area contributed by atoms with Crippen LogP contribution in [0, 0.1) is 11.3 Å². The Morgan fingerprint density at radius 3 is 2.58 bits per heavy atom. The van der Waals surface area contributed by atoms with Gasteiger partial charge in [0.1, 0.15) is 0 Å². The molecule has 130 valence electrons. The van der Waals surface area contributed by atoms with Crippen molar-refractivity contribution in [3.63, 3.8) is 0 Å². The lowest BCUT2D eigenvalue weighted by Crippen LogP contribution is -2.29. The number of amides is 2. The normalized spacial score (nSPS) is 12.7. The van der Waals surface area contributed by atoms with E-state index in [9.17, 15) is 14.4 Å². The number of anilines is 1. The number of hydrogen-bond donors (Lipinski definition) is 0. The first-order chi connectivity index (χ1) is 12.5. The van der Waals surface area contributed by atoms with Gasteiger partial charge < -0.3 is 4.74 Å². The van der Waals surface area contributed by atoms with Crippen LogP contribution in [0.3, 0.4) is 0 Å². The van der Waals surface area contributed by atoms with E-state index in [2.05, 4.69) is 0 Å². The summed E-state index contributed by atoms with van der Waals surface area (Å²) in [5, 5.41) is 8.75. The lowest BCUT2D eigenvalue weighted by Gasteiger charge is -2.15. The van der Waals surface area contributed by atoms with E-state index in [1.165, 1.54) is 18.2 Å². The number of carbonyl (C=O) groups excluding carboxylic acids is 3. The lowest BCUT2D eigenvalue weighted by molar-refractivity contribution is 0.0501. The van der Waals surface area contributed by atoms with E-state index in [0.29, 0.717) is 12.1 Å². The van der Waals surface area contributed by atoms with Crippen LogP contribution in [0.5, 0.6) is 0 Å². The van der Waals surface area contributed by atoms with Crippen LogP contribution in [0.15, 0.2) is 42.5 Å². The fourth-order valence-corrected chi connectivity index (χ4v) is 2.84. The maximum atomic E-state index is 12.7. The zero-order valence-corrected chi connectivity index (χ0v) is 14.3. The smallest absolute Gasteiger partial charge is 0.338 e. The van der Waals surface area contributed by atoms with Gasteiger partial charge in [-0.2, -0.15) is 5.26 Å². The molecular formula is C19H13ClN2O4. The number of carbonyl (C=O) groups is 3. The highest BCUT2D eigenvalue weighted by Crippen LogP contribution is 2.33. The number of ether oxygens (including phenoxy) is 1. The second-order valence-electron chi connectivity index (χ2n) is 5.56. The van der Waals surface area contributed by atoms with Crippen molar-refractivity contribution in [3.05, 3.63) is 64.2 Å². The summed E-state index contributed by atoms with van der Waals surface area (Å²) in [5.41, 5.74) is 0.793. The third-order valence-corrected chi connectivity index (χ3v) is 4.20. The molecule has 1 heterocycles. The maximum Gasteiger partial charge on any atom is 0.338 e. The van der Waals surface area contributed by atoms with Crippen molar-refractivity contribution in [1.29, 1.82) is 5.26 Å². The van der Waals surface area contributed by atoms with Gasteiger partial charge >= 0.3 is 5.97 Å². The number of esters is 1. The van der Waals surface area contributed by atoms with E-state index in [1.807, 2.05) is 6.07 Å². The highest BCUT2D eigenvalue weighted by Gasteiger charge is 2.38. The zero-order chi connectivity index (χ0) is 18.7. The molecule has 7 heteroatoms. The predicted octanol–water partition coefficient (Wildman–Crippen LogP) is 3.60. The van der Waals surface area contributed by atoms with Gasteiger partial charge in [0, 0.05) is 6.42 Å². The number of para-hydroxylation sites is 1. The van der Waals surface area contributed by atoms with Crippen molar-refractivity contribution in [2.45, 2.75) is 12.8 Å². The van der Waals surface area contributed by atoms with Crippen molar-refractivity contribution in [2.75, 3.05) is 11.5 Å². The van der Waals surface area contributed by atoms with E-state index >= 15 is 0 Å². The topological polar surface area (TPSA) is 87.5 Å². The molecule has 2 aromatic carbocycles. The summed E-state index contributed by atoms with van der Waals surface area (Å²) < 4.78 is 5.06. The van der Waals surface area contributed by atoms with Crippen molar-refractivity contribution in [2.24, 2.45) is 0 Å². The summed E-state index contributed by atoms with van der Waals surface area (Å²) in [6, 6.07) is 12.7. The van der Waals surface area contributed by atoms with Gasteiger partial charge in [0.15, 0.2) is 0 Å². The zero-order valence-electron chi connectivity index (χ0n) is 13.6. The third-order valence-electron chi connectivity index (χ3n) is 3.88. The molecule has 0 atom stereocenters. The van der Waals surface area contributed by atoms with Gasteiger partial charge in [-0.1, -0.05) is 23.7 Å². The molecule has 2 amide bonds. The van der Waals surface area contributed by atoms with Gasteiger partial charge in [0.2, 0.25) is 0 Å². The molecule has 26 heavy (non-hydrogen) atoms. The van der Waals surface area contributed by atoms with E-state index in [4.69, 9.17) is 21.6 Å². The first kappa shape index (κ1) is 17.6. The SMILES string of the molecule is N#CCCCOC(=O)c1ccc2c(c1)C(=O)N(c1ccccc1Cl)C2=O. The molecule has 0 fully saturated rings. The summed E-state index contributed by atoms with van der Waals surface area (Å²) in [4.78, 5) is 38.3. The molecule has 0 aromatic heterocycles. The highest BCUT2D eigenvalue weighted by atomic mass is 35.5. The second-order valence-corrected chi connectivity index (χ2v) is 5.96. The van der Waals surface area contributed by atoms with Crippen molar-refractivity contribution < 1.29 is 19.1 Å². The molecule has 0 aliphatic carbocycles. The van der Waals surface area contributed by atoms with Crippen LogP contribution in [0.25, 0.3) is 0 Å². The van der Waals surface area contributed by atoms with E-state index in [1.54, 1.807) is 24.3 Å². The number of hydrogen-bond acceptors (Lipinski definition) is 5. The van der Waals surface area contributed by atoms with Gasteiger partial charge in [0.25, 0.3) is 11.8 Å². The average molecular weight is 369 g/mol. The molecule has 0 radical (unpaired) electrons. The molecule has 0 spiro atoms. The van der Waals surface area contributed by atoms with E-state index in [0.717, 1.165) is 4.90 Å².